The molecule has 0 radical (unpaired) electrons. The highest BCUT2D eigenvalue weighted by atomic mass is 32.2. The highest BCUT2D eigenvalue weighted by Gasteiger charge is 1.96. The first kappa shape index (κ1) is 10.9. The Morgan fingerprint density at radius 2 is 2.00 bits per heavy atom. The Hall–Kier alpha value is -1.22. The molecule has 0 aliphatic heterocycles. The SMILES string of the molecule is CC=CC(=O)Nc1ccc(SC)cc1. The van der Waals surface area contributed by atoms with E-state index in [1.54, 1.807) is 17.8 Å². The number of thioether (sulfide) groups is 1. The lowest BCUT2D eigenvalue weighted by Gasteiger charge is -2.02. The highest BCUT2D eigenvalue weighted by Crippen LogP contribution is 2.17. The van der Waals surface area contributed by atoms with Crippen molar-refractivity contribution in [3.8, 4) is 0 Å². The molecule has 1 N–H and O–H groups in total. The molecule has 14 heavy (non-hydrogen) atoms. The summed E-state index contributed by atoms with van der Waals surface area (Å²) < 4.78 is 0. The minimum absolute atomic E-state index is 0.0931. The van der Waals surface area contributed by atoms with Gasteiger partial charge in [0.05, 0.1) is 0 Å². The number of hydrogen-bond donors (Lipinski definition) is 1. The quantitative estimate of drug-likeness (QED) is 0.610. The fourth-order valence-corrected chi connectivity index (χ4v) is 1.42. The van der Waals surface area contributed by atoms with Crippen molar-refractivity contribution in [3.63, 3.8) is 0 Å². The molecule has 0 fully saturated rings. The van der Waals surface area contributed by atoms with Gasteiger partial charge in [-0.3, -0.25) is 4.79 Å². The lowest BCUT2D eigenvalue weighted by atomic mass is 10.3. The number of rotatable bonds is 3. The van der Waals surface area contributed by atoms with Gasteiger partial charge in [0.15, 0.2) is 0 Å². The van der Waals surface area contributed by atoms with Crippen molar-refractivity contribution in [2.24, 2.45) is 0 Å². The smallest absolute Gasteiger partial charge is 0.248 e. The zero-order valence-electron chi connectivity index (χ0n) is 8.28. The van der Waals surface area contributed by atoms with E-state index in [1.165, 1.54) is 11.0 Å². The van der Waals surface area contributed by atoms with Crippen LogP contribution in [0.1, 0.15) is 6.92 Å². The predicted molar refractivity (Wildman–Crippen MR) is 61.7 cm³/mol. The standard InChI is InChI=1S/C11H13NOS/c1-3-4-11(13)12-9-5-7-10(14-2)8-6-9/h3-8H,1-2H3,(H,12,13). The Balaban J connectivity index is 2.64. The van der Waals surface area contributed by atoms with Gasteiger partial charge in [-0.25, -0.2) is 0 Å². The van der Waals surface area contributed by atoms with E-state index in [2.05, 4.69) is 5.32 Å². The van der Waals surface area contributed by atoms with E-state index in [0.717, 1.165) is 5.69 Å². The molecule has 74 valence electrons. The second kappa shape index (κ2) is 5.50. The number of carbonyl (C=O) groups is 1. The molecule has 1 amide bonds. The molecule has 0 bridgehead atoms. The molecular weight excluding hydrogens is 194 g/mol. The third-order valence-corrected chi connectivity index (χ3v) is 2.42. The monoisotopic (exact) mass is 207 g/mol. The molecule has 1 aromatic carbocycles. The summed E-state index contributed by atoms with van der Waals surface area (Å²) in [5, 5.41) is 2.76. The summed E-state index contributed by atoms with van der Waals surface area (Å²) in [7, 11) is 0. The number of benzene rings is 1. The molecule has 0 spiro atoms. The maximum atomic E-state index is 11.2. The minimum Gasteiger partial charge on any atom is -0.323 e. The fraction of sp³-hybridized carbons (Fsp3) is 0.182. The lowest BCUT2D eigenvalue weighted by Crippen LogP contribution is -2.07. The van der Waals surface area contributed by atoms with Crippen molar-refractivity contribution in [2.45, 2.75) is 11.8 Å². The van der Waals surface area contributed by atoms with Crippen molar-refractivity contribution in [3.05, 3.63) is 36.4 Å². The molecule has 1 rings (SSSR count). The van der Waals surface area contributed by atoms with E-state index in [-0.39, 0.29) is 5.91 Å². The Labute approximate surface area is 88.4 Å². The first-order chi connectivity index (χ1) is 6.76. The third-order valence-electron chi connectivity index (χ3n) is 1.68. The summed E-state index contributed by atoms with van der Waals surface area (Å²) in [5.41, 5.74) is 0.825. The minimum atomic E-state index is -0.0931. The molecule has 1 aromatic rings. The van der Waals surface area contributed by atoms with Gasteiger partial charge < -0.3 is 5.32 Å². The van der Waals surface area contributed by atoms with Crippen LogP contribution in [0.25, 0.3) is 0 Å². The molecule has 0 aliphatic carbocycles. The average molecular weight is 207 g/mol. The van der Waals surface area contributed by atoms with E-state index in [1.807, 2.05) is 37.4 Å². The number of hydrogen-bond acceptors (Lipinski definition) is 2. The van der Waals surface area contributed by atoms with Gasteiger partial charge in [0.1, 0.15) is 0 Å². The molecule has 0 atom stereocenters. The Bertz CT molecular complexity index is 330. The number of nitrogens with one attached hydrogen (secondary N) is 1. The van der Waals surface area contributed by atoms with Crippen LogP contribution in [-0.2, 0) is 4.79 Å². The Morgan fingerprint density at radius 1 is 1.36 bits per heavy atom. The summed E-state index contributed by atoms with van der Waals surface area (Å²) in [6.07, 6.45) is 5.24. The molecular formula is C11H13NOS. The largest absolute Gasteiger partial charge is 0.323 e. The first-order valence-electron chi connectivity index (χ1n) is 4.34. The lowest BCUT2D eigenvalue weighted by molar-refractivity contribution is -0.111. The van der Waals surface area contributed by atoms with E-state index in [9.17, 15) is 4.79 Å². The van der Waals surface area contributed by atoms with Crippen LogP contribution in [0.15, 0.2) is 41.3 Å². The maximum Gasteiger partial charge on any atom is 0.248 e. The van der Waals surface area contributed by atoms with E-state index in [4.69, 9.17) is 0 Å². The number of amides is 1. The molecule has 0 saturated carbocycles. The van der Waals surface area contributed by atoms with Crippen LogP contribution in [0.2, 0.25) is 0 Å². The van der Waals surface area contributed by atoms with Crippen molar-refractivity contribution in [2.75, 3.05) is 11.6 Å². The van der Waals surface area contributed by atoms with Crippen LogP contribution in [0.4, 0.5) is 5.69 Å². The molecule has 0 unspecified atom stereocenters. The van der Waals surface area contributed by atoms with E-state index >= 15 is 0 Å². The van der Waals surface area contributed by atoms with Crippen LogP contribution in [0.5, 0.6) is 0 Å². The van der Waals surface area contributed by atoms with Crippen molar-refractivity contribution >= 4 is 23.4 Å². The van der Waals surface area contributed by atoms with Crippen molar-refractivity contribution in [1.82, 2.24) is 0 Å². The second-order valence-electron chi connectivity index (χ2n) is 2.72. The average Bonchev–Trinajstić information content (AvgIpc) is 2.19. The third kappa shape index (κ3) is 3.26. The van der Waals surface area contributed by atoms with Gasteiger partial charge in [-0.15, -0.1) is 11.8 Å². The first-order valence-corrected chi connectivity index (χ1v) is 5.56. The topological polar surface area (TPSA) is 29.1 Å². The van der Waals surface area contributed by atoms with Crippen molar-refractivity contribution < 1.29 is 4.79 Å². The van der Waals surface area contributed by atoms with Crippen LogP contribution in [-0.4, -0.2) is 12.2 Å². The van der Waals surface area contributed by atoms with Crippen LogP contribution < -0.4 is 5.32 Å². The summed E-state index contributed by atoms with van der Waals surface area (Å²) in [6, 6.07) is 7.76. The number of anilines is 1. The van der Waals surface area contributed by atoms with Crippen LogP contribution in [0.3, 0.4) is 0 Å². The predicted octanol–water partition coefficient (Wildman–Crippen LogP) is 2.92. The summed E-state index contributed by atoms with van der Waals surface area (Å²) >= 11 is 1.68. The molecule has 3 heteroatoms. The summed E-state index contributed by atoms with van der Waals surface area (Å²) in [5.74, 6) is -0.0931. The zero-order valence-corrected chi connectivity index (χ0v) is 9.10. The highest BCUT2D eigenvalue weighted by molar-refractivity contribution is 7.98. The van der Waals surface area contributed by atoms with E-state index < -0.39 is 0 Å². The molecule has 2 nitrogen and oxygen atoms in total. The van der Waals surface area contributed by atoms with Gasteiger partial charge in [0.2, 0.25) is 5.91 Å². The molecule has 0 aromatic heterocycles. The molecule has 0 heterocycles. The Morgan fingerprint density at radius 3 is 2.50 bits per heavy atom. The maximum absolute atomic E-state index is 11.2. The second-order valence-corrected chi connectivity index (χ2v) is 3.60. The molecule has 0 aliphatic rings. The van der Waals surface area contributed by atoms with Gasteiger partial charge in [0.25, 0.3) is 0 Å². The summed E-state index contributed by atoms with van der Waals surface area (Å²) in [6.45, 7) is 1.82. The summed E-state index contributed by atoms with van der Waals surface area (Å²) in [4.78, 5) is 12.4. The fourth-order valence-electron chi connectivity index (χ4n) is 1.01. The van der Waals surface area contributed by atoms with Gasteiger partial charge >= 0.3 is 0 Å². The van der Waals surface area contributed by atoms with Crippen molar-refractivity contribution in [1.29, 1.82) is 0 Å². The number of carbonyl (C=O) groups excluding carboxylic acids is 1. The van der Waals surface area contributed by atoms with Crippen LogP contribution >= 0.6 is 11.8 Å². The molecule has 0 saturated heterocycles. The van der Waals surface area contributed by atoms with E-state index in [0.29, 0.717) is 0 Å². The normalized spacial score (nSPS) is 10.4. The zero-order chi connectivity index (χ0) is 10.4. The van der Waals surface area contributed by atoms with Gasteiger partial charge in [-0.1, -0.05) is 6.08 Å². The van der Waals surface area contributed by atoms with Gasteiger partial charge in [0, 0.05) is 10.6 Å². The van der Waals surface area contributed by atoms with Crippen LogP contribution in [0, 0.1) is 0 Å². The Kier molecular flexibility index (Phi) is 4.26. The van der Waals surface area contributed by atoms with Gasteiger partial charge in [-0.05, 0) is 43.5 Å². The number of allylic oxidation sites excluding steroid dienone is 1. The van der Waals surface area contributed by atoms with Gasteiger partial charge in [-0.2, -0.15) is 0 Å².